The molecule has 0 fully saturated rings. The molecule has 0 saturated carbocycles. The van der Waals surface area contributed by atoms with Crippen LogP contribution in [0.15, 0.2) is 48.5 Å². The summed E-state index contributed by atoms with van der Waals surface area (Å²) in [5.74, 6) is -0.672. The van der Waals surface area contributed by atoms with E-state index < -0.39 is 20.8 Å². The van der Waals surface area contributed by atoms with Crippen molar-refractivity contribution in [3.8, 4) is 5.75 Å². The molecule has 0 N–H and O–H groups in total. The van der Waals surface area contributed by atoms with Gasteiger partial charge in [0, 0.05) is 11.6 Å². The number of rotatable bonds is 5. The highest BCUT2D eigenvalue weighted by Crippen LogP contribution is 2.37. The fourth-order valence-corrected chi connectivity index (χ4v) is 2.30. The number of carbonyl (C=O) groups excluding carboxylic acids is 1. The van der Waals surface area contributed by atoms with E-state index >= 15 is 0 Å². The van der Waals surface area contributed by atoms with Crippen molar-refractivity contribution < 1.29 is 19.2 Å². The molecular formula is C16H12Cl3NO5. The van der Waals surface area contributed by atoms with Crippen LogP contribution in [-0.4, -0.2) is 21.8 Å². The first kappa shape index (κ1) is 19.3. The number of nitro groups is 1. The second-order valence-electron chi connectivity index (χ2n) is 4.88. The summed E-state index contributed by atoms with van der Waals surface area (Å²) < 4.78 is 8.10. The monoisotopic (exact) mass is 403 g/mol. The molecule has 0 amide bonds. The quantitative estimate of drug-likeness (QED) is 0.315. The number of ether oxygens (including phenoxy) is 2. The Hall–Kier alpha value is -2.02. The van der Waals surface area contributed by atoms with Crippen LogP contribution < -0.4 is 4.74 Å². The summed E-state index contributed by atoms with van der Waals surface area (Å²) >= 11 is 16.7. The van der Waals surface area contributed by atoms with Crippen molar-refractivity contribution in [1.82, 2.24) is 0 Å². The van der Waals surface area contributed by atoms with Gasteiger partial charge in [0.05, 0.1) is 17.6 Å². The molecule has 0 aliphatic carbocycles. The molecule has 2 rings (SSSR count). The van der Waals surface area contributed by atoms with Gasteiger partial charge in [-0.3, -0.25) is 10.1 Å². The van der Waals surface area contributed by atoms with Gasteiger partial charge < -0.3 is 9.47 Å². The number of nitrogens with zero attached hydrogens (tertiary/aromatic N) is 1. The van der Waals surface area contributed by atoms with Gasteiger partial charge in [-0.05, 0) is 18.2 Å². The molecule has 0 radical (unpaired) electrons. The Labute approximate surface area is 158 Å². The molecule has 0 aliphatic heterocycles. The van der Waals surface area contributed by atoms with Crippen LogP contribution in [0, 0.1) is 10.1 Å². The number of benzene rings is 2. The van der Waals surface area contributed by atoms with E-state index in [9.17, 15) is 14.9 Å². The van der Waals surface area contributed by atoms with Crippen LogP contribution in [0.1, 0.15) is 17.2 Å². The SMILES string of the molecule is COc1cccc(C(OC(=O)C(Cl)(Cl)Cl)c2ccccc2[N+](=O)[O-])c1. The van der Waals surface area contributed by atoms with Gasteiger partial charge in [0.2, 0.25) is 0 Å². The van der Waals surface area contributed by atoms with Crippen LogP contribution in [-0.2, 0) is 9.53 Å². The Kier molecular flexibility index (Phi) is 6.11. The van der Waals surface area contributed by atoms with E-state index in [0.29, 0.717) is 11.3 Å². The summed E-state index contributed by atoms with van der Waals surface area (Å²) in [5, 5.41) is 11.3. The van der Waals surface area contributed by atoms with E-state index in [2.05, 4.69) is 0 Å². The van der Waals surface area contributed by atoms with Crippen molar-refractivity contribution >= 4 is 46.5 Å². The minimum Gasteiger partial charge on any atom is -0.497 e. The van der Waals surface area contributed by atoms with Gasteiger partial charge in [-0.25, -0.2) is 4.79 Å². The fourth-order valence-electron chi connectivity index (χ4n) is 2.17. The van der Waals surface area contributed by atoms with Crippen molar-refractivity contribution in [2.75, 3.05) is 7.11 Å². The standard InChI is InChI=1S/C16H12Cl3NO5/c1-24-11-6-4-5-10(9-11)14(25-15(21)16(17,18)19)12-7-2-3-8-13(12)20(22)23/h2-9,14H,1H3. The summed E-state index contributed by atoms with van der Waals surface area (Å²) in [5.41, 5.74) is 0.340. The highest BCUT2D eigenvalue weighted by atomic mass is 35.6. The molecule has 1 unspecified atom stereocenters. The molecule has 0 spiro atoms. The third-order valence-corrected chi connectivity index (χ3v) is 3.73. The number of alkyl halides is 3. The molecule has 1 atom stereocenters. The molecule has 2 aromatic carbocycles. The lowest BCUT2D eigenvalue weighted by Crippen LogP contribution is -2.25. The highest BCUT2D eigenvalue weighted by molar-refractivity contribution is 6.75. The van der Waals surface area contributed by atoms with Crippen molar-refractivity contribution in [3.63, 3.8) is 0 Å². The molecular weight excluding hydrogens is 393 g/mol. The Morgan fingerprint density at radius 2 is 1.84 bits per heavy atom. The average Bonchev–Trinajstić information content (AvgIpc) is 2.58. The second-order valence-corrected chi connectivity index (χ2v) is 7.16. The number of nitro benzene ring substituents is 1. The smallest absolute Gasteiger partial charge is 0.359 e. The lowest BCUT2D eigenvalue weighted by atomic mass is 9.99. The molecule has 132 valence electrons. The lowest BCUT2D eigenvalue weighted by molar-refractivity contribution is -0.386. The van der Waals surface area contributed by atoms with E-state index in [-0.39, 0.29) is 11.3 Å². The molecule has 0 heterocycles. The van der Waals surface area contributed by atoms with E-state index in [1.807, 2.05) is 0 Å². The maximum Gasteiger partial charge on any atom is 0.359 e. The number of para-hydroxylation sites is 1. The van der Waals surface area contributed by atoms with Crippen LogP contribution in [0.25, 0.3) is 0 Å². The zero-order valence-corrected chi connectivity index (χ0v) is 15.1. The van der Waals surface area contributed by atoms with Gasteiger partial charge in [-0.1, -0.05) is 59.1 Å². The highest BCUT2D eigenvalue weighted by Gasteiger charge is 2.37. The third kappa shape index (κ3) is 4.75. The third-order valence-electron chi connectivity index (χ3n) is 3.27. The van der Waals surface area contributed by atoms with Crippen molar-refractivity contribution in [2.24, 2.45) is 0 Å². The number of halogens is 3. The van der Waals surface area contributed by atoms with Gasteiger partial charge in [-0.2, -0.15) is 0 Å². The topological polar surface area (TPSA) is 78.7 Å². The van der Waals surface area contributed by atoms with Crippen molar-refractivity contribution in [1.29, 1.82) is 0 Å². The predicted molar refractivity (Wildman–Crippen MR) is 94.3 cm³/mol. The maximum atomic E-state index is 12.0. The zero-order chi connectivity index (χ0) is 18.6. The average molecular weight is 405 g/mol. The molecule has 9 heteroatoms. The number of carbonyl (C=O) groups is 1. The Morgan fingerprint density at radius 3 is 2.44 bits per heavy atom. The maximum absolute atomic E-state index is 12.0. The van der Waals surface area contributed by atoms with E-state index in [1.165, 1.54) is 25.3 Å². The number of methoxy groups -OCH3 is 1. The van der Waals surface area contributed by atoms with Gasteiger partial charge in [-0.15, -0.1) is 0 Å². The number of hydrogen-bond acceptors (Lipinski definition) is 5. The summed E-state index contributed by atoms with van der Waals surface area (Å²) in [4.78, 5) is 22.8. The fraction of sp³-hybridized carbons (Fsp3) is 0.188. The van der Waals surface area contributed by atoms with Gasteiger partial charge in [0.1, 0.15) is 5.75 Å². The first-order chi connectivity index (χ1) is 11.7. The summed E-state index contributed by atoms with van der Waals surface area (Å²) in [7, 11) is 1.46. The Bertz CT molecular complexity index is 791. The molecule has 0 bridgehead atoms. The molecule has 0 aromatic heterocycles. The van der Waals surface area contributed by atoms with E-state index in [0.717, 1.165) is 0 Å². The largest absolute Gasteiger partial charge is 0.497 e. The van der Waals surface area contributed by atoms with Crippen molar-refractivity contribution in [3.05, 3.63) is 69.8 Å². The predicted octanol–water partition coefficient (Wildman–Crippen LogP) is 4.61. The van der Waals surface area contributed by atoms with Crippen LogP contribution in [0.2, 0.25) is 0 Å². The molecule has 25 heavy (non-hydrogen) atoms. The second kappa shape index (κ2) is 7.91. The van der Waals surface area contributed by atoms with E-state index in [4.69, 9.17) is 44.3 Å². The first-order valence-electron chi connectivity index (χ1n) is 6.89. The summed E-state index contributed by atoms with van der Waals surface area (Å²) in [6, 6.07) is 12.4. The summed E-state index contributed by atoms with van der Waals surface area (Å²) in [6.45, 7) is 0. The Balaban J connectivity index is 2.56. The number of esters is 1. The molecule has 6 nitrogen and oxygen atoms in total. The van der Waals surface area contributed by atoms with Crippen molar-refractivity contribution in [2.45, 2.75) is 9.90 Å². The van der Waals surface area contributed by atoms with Crippen LogP contribution in [0.5, 0.6) is 5.75 Å². The molecule has 0 saturated heterocycles. The molecule has 0 aliphatic rings. The Morgan fingerprint density at radius 1 is 1.16 bits per heavy atom. The van der Waals surface area contributed by atoms with Gasteiger partial charge >= 0.3 is 5.97 Å². The van der Waals surface area contributed by atoms with Gasteiger partial charge in [0.15, 0.2) is 6.10 Å². The van der Waals surface area contributed by atoms with Gasteiger partial charge in [0.25, 0.3) is 9.48 Å². The normalized spacial score (nSPS) is 12.3. The lowest BCUT2D eigenvalue weighted by Gasteiger charge is -2.21. The minimum absolute atomic E-state index is 0.142. The van der Waals surface area contributed by atoms with Crippen LogP contribution >= 0.6 is 34.8 Å². The molecule has 2 aromatic rings. The van der Waals surface area contributed by atoms with Crippen LogP contribution in [0.4, 0.5) is 5.69 Å². The number of hydrogen-bond donors (Lipinski definition) is 0. The zero-order valence-electron chi connectivity index (χ0n) is 12.8. The first-order valence-corrected chi connectivity index (χ1v) is 8.02. The summed E-state index contributed by atoms with van der Waals surface area (Å²) in [6.07, 6.45) is -1.15. The van der Waals surface area contributed by atoms with Crippen LogP contribution in [0.3, 0.4) is 0 Å². The van der Waals surface area contributed by atoms with E-state index in [1.54, 1.807) is 30.3 Å². The minimum atomic E-state index is -2.32.